The summed E-state index contributed by atoms with van der Waals surface area (Å²) in [5.41, 5.74) is 1.34. The summed E-state index contributed by atoms with van der Waals surface area (Å²) in [6.45, 7) is 11.8. The number of carbonyl (C=O) groups is 1. The van der Waals surface area contributed by atoms with Gasteiger partial charge in [-0.1, -0.05) is 13.0 Å². The molecule has 8 heteroatoms. The van der Waals surface area contributed by atoms with Crippen LogP contribution in [0.4, 0.5) is 11.8 Å². The van der Waals surface area contributed by atoms with Gasteiger partial charge in [-0.05, 0) is 31.7 Å². The quantitative estimate of drug-likeness (QED) is 0.773. The van der Waals surface area contributed by atoms with E-state index in [4.69, 9.17) is 0 Å². The molecular weight excluding hydrogens is 366 g/mol. The Bertz CT molecular complexity index is 828. The van der Waals surface area contributed by atoms with Crippen molar-refractivity contribution in [2.75, 3.05) is 68.7 Å². The van der Waals surface area contributed by atoms with Crippen molar-refractivity contribution < 1.29 is 4.79 Å². The molecule has 8 nitrogen and oxygen atoms in total. The van der Waals surface area contributed by atoms with E-state index < -0.39 is 0 Å². The molecule has 154 valence electrons. The van der Waals surface area contributed by atoms with Crippen molar-refractivity contribution in [1.29, 1.82) is 0 Å². The zero-order valence-electron chi connectivity index (χ0n) is 17.3. The Hall–Kier alpha value is -2.74. The minimum atomic E-state index is 0.0135. The maximum absolute atomic E-state index is 13.0. The average molecular weight is 396 g/mol. The summed E-state index contributed by atoms with van der Waals surface area (Å²) in [7, 11) is 0. The number of anilines is 2. The Labute approximate surface area is 172 Å². The Morgan fingerprint density at radius 2 is 1.69 bits per heavy atom. The van der Waals surface area contributed by atoms with Crippen LogP contribution in [0.15, 0.2) is 30.5 Å². The Balaban J connectivity index is 1.43. The highest BCUT2D eigenvalue weighted by Crippen LogP contribution is 2.18. The number of carbonyl (C=O) groups excluding carboxylic acids is 1. The molecule has 2 saturated heterocycles. The predicted octanol–water partition coefficient (Wildman–Crippen LogP) is 1.28. The molecule has 0 spiro atoms. The number of rotatable bonds is 4. The van der Waals surface area contributed by atoms with E-state index in [-0.39, 0.29) is 5.91 Å². The van der Waals surface area contributed by atoms with Crippen molar-refractivity contribution in [3.05, 3.63) is 41.9 Å². The first-order valence-corrected chi connectivity index (χ1v) is 10.4. The maximum Gasteiger partial charge on any atom is 0.272 e. The molecular formula is C21H29N7O. The average Bonchev–Trinajstić information content (AvgIpc) is 2.79. The lowest BCUT2D eigenvalue weighted by atomic mass is 10.2. The molecule has 0 radical (unpaired) electrons. The number of hydrogen-bond donors (Lipinski definition) is 0. The molecule has 0 aromatic carbocycles. The van der Waals surface area contributed by atoms with Gasteiger partial charge in [-0.15, -0.1) is 0 Å². The van der Waals surface area contributed by atoms with Gasteiger partial charge >= 0.3 is 0 Å². The molecule has 0 bridgehead atoms. The van der Waals surface area contributed by atoms with Crippen LogP contribution in [0.5, 0.6) is 0 Å². The molecule has 2 fully saturated rings. The molecule has 2 aliphatic rings. The van der Waals surface area contributed by atoms with Gasteiger partial charge in [0.05, 0.1) is 0 Å². The van der Waals surface area contributed by atoms with Gasteiger partial charge < -0.3 is 19.6 Å². The van der Waals surface area contributed by atoms with Gasteiger partial charge in [0.25, 0.3) is 5.91 Å². The topological polar surface area (TPSA) is 68.7 Å². The second-order valence-electron chi connectivity index (χ2n) is 7.58. The van der Waals surface area contributed by atoms with Crippen LogP contribution in [0.3, 0.4) is 0 Å². The smallest absolute Gasteiger partial charge is 0.272 e. The van der Waals surface area contributed by atoms with E-state index in [0.717, 1.165) is 70.4 Å². The zero-order valence-corrected chi connectivity index (χ0v) is 17.3. The number of hydrogen-bond acceptors (Lipinski definition) is 7. The molecule has 0 N–H and O–H groups in total. The molecule has 1 amide bonds. The zero-order chi connectivity index (χ0) is 20.2. The van der Waals surface area contributed by atoms with Gasteiger partial charge in [0.15, 0.2) is 0 Å². The van der Waals surface area contributed by atoms with Crippen LogP contribution < -0.4 is 9.80 Å². The summed E-state index contributed by atoms with van der Waals surface area (Å²) in [6, 6.07) is 7.79. The SMILES string of the molecule is CCN1CCN(C(=O)c2cc(C)nc(N3CCN(c4ccccn4)CC3)n2)CC1. The van der Waals surface area contributed by atoms with Crippen molar-refractivity contribution in [2.45, 2.75) is 13.8 Å². The number of nitrogens with zero attached hydrogens (tertiary/aromatic N) is 7. The Morgan fingerprint density at radius 3 is 2.34 bits per heavy atom. The van der Waals surface area contributed by atoms with Crippen LogP contribution in [-0.2, 0) is 0 Å². The first-order chi connectivity index (χ1) is 14.1. The van der Waals surface area contributed by atoms with Crippen LogP contribution in [0.1, 0.15) is 23.1 Å². The van der Waals surface area contributed by atoms with Gasteiger partial charge in [0, 0.05) is 64.2 Å². The van der Waals surface area contributed by atoms with Gasteiger partial charge in [0.1, 0.15) is 11.5 Å². The number of likely N-dealkylation sites (N-methyl/N-ethyl adjacent to an activating group) is 1. The number of aromatic nitrogens is 3. The third-order valence-electron chi connectivity index (χ3n) is 5.70. The van der Waals surface area contributed by atoms with Gasteiger partial charge in [-0.2, -0.15) is 0 Å². The van der Waals surface area contributed by atoms with Crippen molar-refractivity contribution in [2.24, 2.45) is 0 Å². The summed E-state index contributed by atoms with van der Waals surface area (Å²) in [5, 5.41) is 0. The van der Waals surface area contributed by atoms with Crippen LogP contribution in [-0.4, -0.2) is 89.6 Å². The van der Waals surface area contributed by atoms with E-state index in [1.54, 1.807) is 0 Å². The van der Waals surface area contributed by atoms with E-state index in [1.165, 1.54) is 0 Å². The van der Waals surface area contributed by atoms with E-state index >= 15 is 0 Å². The lowest BCUT2D eigenvalue weighted by Crippen LogP contribution is -2.49. The van der Waals surface area contributed by atoms with E-state index in [0.29, 0.717) is 11.6 Å². The highest BCUT2D eigenvalue weighted by atomic mass is 16.2. The fourth-order valence-corrected chi connectivity index (χ4v) is 3.91. The standard InChI is InChI=1S/C21H29N7O/c1-3-25-8-10-27(11-9-25)20(29)18-16-17(2)23-21(24-18)28-14-12-26(13-15-28)19-6-4-5-7-22-19/h4-7,16H,3,8-15H2,1-2H3. The lowest BCUT2D eigenvalue weighted by Gasteiger charge is -2.36. The van der Waals surface area contributed by atoms with Crippen LogP contribution >= 0.6 is 0 Å². The molecule has 2 aromatic heterocycles. The normalized spacial score (nSPS) is 18.2. The number of pyridine rings is 1. The third kappa shape index (κ3) is 4.48. The monoisotopic (exact) mass is 395 g/mol. The van der Waals surface area contributed by atoms with Gasteiger partial charge in [0.2, 0.25) is 5.95 Å². The minimum Gasteiger partial charge on any atom is -0.353 e. The van der Waals surface area contributed by atoms with E-state index in [1.807, 2.05) is 42.3 Å². The molecule has 2 aliphatic heterocycles. The first-order valence-electron chi connectivity index (χ1n) is 10.4. The fraction of sp³-hybridized carbons (Fsp3) is 0.524. The molecule has 4 heterocycles. The lowest BCUT2D eigenvalue weighted by molar-refractivity contribution is 0.0637. The predicted molar refractivity (Wildman–Crippen MR) is 113 cm³/mol. The molecule has 0 saturated carbocycles. The number of piperazine rings is 2. The van der Waals surface area contributed by atoms with Crippen molar-refractivity contribution in [1.82, 2.24) is 24.8 Å². The van der Waals surface area contributed by atoms with Crippen molar-refractivity contribution in [3.63, 3.8) is 0 Å². The maximum atomic E-state index is 13.0. The molecule has 2 aromatic rings. The summed E-state index contributed by atoms with van der Waals surface area (Å²) >= 11 is 0. The number of aryl methyl sites for hydroxylation is 1. The van der Waals surface area contributed by atoms with Crippen LogP contribution in [0, 0.1) is 6.92 Å². The molecule has 0 aliphatic carbocycles. The van der Waals surface area contributed by atoms with Crippen LogP contribution in [0.25, 0.3) is 0 Å². The summed E-state index contributed by atoms with van der Waals surface area (Å²) < 4.78 is 0. The molecule has 4 rings (SSSR count). The largest absolute Gasteiger partial charge is 0.353 e. The summed E-state index contributed by atoms with van der Waals surface area (Å²) in [4.78, 5) is 35.4. The second kappa shape index (κ2) is 8.73. The van der Waals surface area contributed by atoms with Crippen molar-refractivity contribution in [3.8, 4) is 0 Å². The Kier molecular flexibility index (Phi) is 5.89. The third-order valence-corrected chi connectivity index (χ3v) is 5.70. The van der Waals surface area contributed by atoms with E-state index in [2.05, 4.69) is 36.6 Å². The highest BCUT2D eigenvalue weighted by molar-refractivity contribution is 5.92. The van der Waals surface area contributed by atoms with E-state index in [9.17, 15) is 4.79 Å². The summed E-state index contributed by atoms with van der Waals surface area (Å²) in [6.07, 6.45) is 1.82. The Morgan fingerprint density at radius 1 is 0.966 bits per heavy atom. The van der Waals surface area contributed by atoms with Gasteiger partial charge in [-0.3, -0.25) is 4.79 Å². The number of amides is 1. The van der Waals surface area contributed by atoms with Crippen LogP contribution in [0.2, 0.25) is 0 Å². The molecule has 0 atom stereocenters. The van der Waals surface area contributed by atoms with Crippen molar-refractivity contribution >= 4 is 17.7 Å². The summed E-state index contributed by atoms with van der Waals surface area (Å²) in [5.74, 6) is 1.67. The molecule has 0 unspecified atom stereocenters. The molecule has 29 heavy (non-hydrogen) atoms. The highest BCUT2D eigenvalue weighted by Gasteiger charge is 2.25. The fourth-order valence-electron chi connectivity index (χ4n) is 3.91. The second-order valence-corrected chi connectivity index (χ2v) is 7.58. The first kappa shape index (κ1) is 19.6. The van der Waals surface area contributed by atoms with Gasteiger partial charge in [-0.25, -0.2) is 15.0 Å². The minimum absolute atomic E-state index is 0.0135.